The number of aliphatic hydroxyl groups is 2. The van der Waals surface area contributed by atoms with Gasteiger partial charge in [0.1, 0.15) is 12.2 Å². The highest BCUT2D eigenvalue weighted by Gasteiger charge is 2.81. The Morgan fingerprint density at radius 1 is 1.04 bits per heavy atom. The van der Waals surface area contributed by atoms with E-state index < -0.39 is 72.8 Å². The maximum Gasteiger partial charge on any atom is 0.338 e. The third-order valence-corrected chi connectivity index (χ3v) is 16.2. The number of rotatable bonds is 9. The lowest BCUT2D eigenvalue weighted by Gasteiger charge is -2.65. The first kappa shape index (κ1) is 33.9. The number of hydrogen-bond donors (Lipinski definition) is 2. The van der Waals surface area contributed by atoms with Crippen molar-refractivity contribution in [2.75, 3.05) is 13.2 Å². The summed E-state index contributed by atoms with van der Waals surface area (Å²) in [5.41, 5.74) is -2.99. The van der Waals surface area contributed by atoms with Crippen molar-refractivity contribution in [2.45, 2.75) is 116 Å². The van der Waals surface area contributed by atoms with E-state index in [0.29, 0.717) is 11.1 Å². The molecule has 3 saturated heterocycles. The summed E-state index contributed by atoms with van der Waals surface area (Å²) in [7, 11) is -2.36. The minimum absolute atomic E-state index is 0.0473. The number of fused-ring (bicyclic) bond motifs is 5. The third kappa shape index (κ3) is 4.79. The number of carbonyl (C=O) groups is 3. The Morgan fingerprint density at radius 2 is 1.67 bits per heavy atom. The van der Waals surface area contributed by atoms with Crippen LogP contribution in [0.4, 0.5) is 0 Å². The molecule has 1 aromatic carbocycles. The minimum atomic E-state index is -2.36. The second kappa shape index (κ2) is 11.7. The zero-order valence-corrected chi connectivity index (χ0v) is 28.7. The minimum Gasteiger partial charge on any atom is -0.453 e. The van der Waals surface area contributed by atoms with Gasteiger partial charge >= 0.3 is 11.9 Å². The zero-order chi connectivity index (χ0) is 33.2. The molecule has 1 saturated carbocycles. The highest BCUT2D eigenvalue weighted by atomic mass is 28.4. The molecule has 10 nitrogen and oxygen atoms in total. The fraction of sp³-hybridized carbons (Fsp3) is 0.676. The lowest BCUT2D eigenvalue weighted by Crippen LogP contribution is -2.80. The highest BCUT2D eigenvalue weighted by Crippen LogP contribution is 2.66. The van der Waals surface area contributed by atoms with Crippen molar-refractivity contribution in [2.24, 2.45) is 16.7 Å². The predicted molar refractivity (Wildman–Crippen MR) is 167 cm³/mol. The molecule has 0 amide bonds. The highest BCUT2D eigenvalue weighted by molar-refractivity contribution is 6.73. The summed E-state index contributed by atoms with van der Waals surface area (Å²) in [6.45, 7) is 14.1. The molecule has 3 heterocycles. The molecular weight excluding hydrogens is 596 g/mol. The van der Waals surface area contributed by atoms with Gasteiger partial charge in [-0.3, -0.25) is 9.59 Å². The molecular formula is C34H48O10Si. The van der Waals surface area contributed by atoms with E-state index in [-0.39, 0.29) is 31.0 Å². The first-order chi connectivity index (χ1) is 21.1. The molecule has 2 bridgehead atoms. The summed E-state index contributed by atoms with van der Waals surface area (Å²) in [5, 5.41) is 23.1. The summed E-state index contributed by atoms with van der Waals surface area (Å²) in [5.74, 6) is -5.02. The van der Waals surface area contributed by atoms with Crippen LogP contribution in [0.3, 0.4) is 0 Å². The number of aliphatic hydroxyl groups excluding tert-OH is 1. The van der Waals surface area contributed by atoms with Gasteiger partial charge in [0.15, 0.2) is 25.8 Å². The number of ether oxygens (including phenoxy) is 4. The zero-order valence-electron chi connectivity index (χ0n) is 27.7. The van der Waals surface area contributed by atoms with Crippen LogP contribution in [0.15, 0.2) is 41.5 Å². The Balaban J connectivity index is 1.80. The fourth-order valence-corrected chi connectivity index (χ4v) is 11.6. The molecule has 45 heavy (non-hydrogen) atoms. The number of Topliss-reactive ketones (excluding diaryl/α,β-unsaturated/α-hetero) is 1. The van der Waals surface area contributed by atoms with Gasteiger partial charge in [0.25, 0.3) is 0 Å². The molecule has 4 aliphatic rings. The monoisotopic (exact) mass is 644 g/mol. The molecule has 0 radical (unpaired) electrons. The molecule has 248 valence electrons. The van der Waals surface area contributed by atoms with Gasteiger partial charge in [-0.1, -0.05) is 52.8 Å². The van der Waals surface area contributed by atoms with Gasteiger partial charge in [-0.25, -0.2) is 4.79 Å². The van der Waals surface area contributed by atoms with Crippen LogP contribution in [-0.2, 0) is 33.0 Å². The van der Waals surface area contributed by atoms with Crippen molar-refractivity contribution in [1.82, 2.24) is 0 Å². The van der Waals surface area contributed by atoms with Crippen molar-refractivity contribution in [1.29, 1.82) is 0 Å². The van der Waals surface area contributed by atoms with Gasteiger partial charge in [-0.05, 0) is 55.3 Å². The molecule has 5 rings (SSSR count). The average Bonchev–Trinajstić information content (AvgIpc) is 3.19. The Labute approximate surface area is 266 Å². The normalized spacial score (nSPS) is 37.9. The van der Waals surface area contributed by atoms with Gasteiger partial charge in [-0.15, -0.1) is 0 Å². The summed E-state index contributed by atoms with van der Waals surface area (Å²) < 4.78 is 32.1. The van der Waals surface area contributed by atoms with Crippen molar-refractivity contribution < 1.29 is 48.0 Å². The predicted octanol–water partition coefficient (Wildman–Crippen LogP) is 4.33. The summed E-state index contributed by atoms with van der Waals surface area (Å²) in [6.07, 6.45) is -3.86. The SMILES string of the molecule is CC[Si](CC)(CC)O[C@H]1C[C@H]2OC[C@@]2(OC(C)=O)[C@H]2[C@H](OC(=O)c3ccccc3)[C@@]3(O)O[C@@H](C(=O)[C@]12C)/C(=C(\C)CO)C3(C)C. The van der Waals surface area contributed by atoms with Crippen LogP contribution in [0.2, 0.25) is 18.1 Å². The van der Waals surface area contributed by atoms with E-state index in [4.69, 9.17) is 23.4 Å². The Hall–Kier alpha value is -2.41. The molecule has 3 aliphatic heterocycles. The second-order valence-electron chi connectivity index (χ2n) is 13.9. The van der Waals surface area contributed by atoms with Crippen LogP contribution >= 0.6 is 0 Å². The third-order valence-electron chi connectivity index (χ3n) is 11.5. The number of esters is 2. The smallest absolute Gasteiger partial charge is 0.338 e. The van der Waals surface area contributed by atoms with Crippen LogP contribution in [-0.4, -0.2) is 85.3 Å². The molecule has 2 N–H and O–H groups in total. The summed E-state index contributed by atoms with van der Waals surface area (Å²) in [4.78, 5) is 41.9. The van der Waals surface area contributed by atoms with Crippen molar-refractivity contribution in [3.8, 4) is 0 Å². The number of ketones is 1. The first-order valence-electron chi connectivity index (χ1n) is 16.1. The van der Waals surface area contributed by atoms with Crippen LogP contribution in [0.5, 0.6) is 0 Å². The molecule has 8 atom stereocenters. The van der Waals surface area contributed by atoms with Crippen LogP contribution < -0.4 is 0 Å². The number of hydrogen-bond acceptors (Lipinski definition) is 10. The molecule has 4 fully saturated rings. The molecule has 0 aromatic heterocycles. The van der Waals surface area contributed by atoms with Crippen molar-refractivity contribution >= 4 is 26.0 Å². The van der Waals surface area contributed by atoms with E-state index in [1.165, 1.54) is 6.92 Å². The first-order valence-corrected chi connectivity index (χ1v) is 18.7. The van der Waals surface area contributed by atoms with Gasteiger partial charge < -0.3 is 33.6 Å². The summed E-state index contributed by atoms with van der Waals surface area (Å²) >= 11 is 0. The van der Waals surface area contributed by atoms with E-state index in [2.05, 4.69) is 20.8 Å². The van der Waals surface area contributed by atoms with Gasteiger partial charge in [-0.2, -0.15) is 0 Å². The number of benzene rings is 1. The topological polar surface area (TPSA) is 138 Å². The van der Waals surface area contributed by atoms with Gasteiger partial charge in [0, 0.05) is 18.8 Å². The standard InChI is InChI=1S/C34H48O10Si/c1-9-45(10-2,11-3)44-23-17-24-33(19-40-24,42-21(5)36)27-29(41-30(38)22-15-13-12-14-16-22)34(39)31(6,7)25(20(4)18-35)26(43-34)28(37)32(23,27)8/h12-16,23-24,26-27,29,35,39H,9-11,17-19H2,1-8H3/b25-20-/t23-,24+,26+,27-,29-,32+,33-,34+/m0/s1. The van der Waals surface area contributed by atoms with Gasteiger partial charge in [0.2, 0.25) is 5.79 Å². The molecule has 1 aromatic rings. The quantitative estimate of drug-likeness (QED) is 0.227. The fourth-order valence-electron chi connectivity index (χ4n) is 8.62. The molecule has 11 heteroatoms. The van der Waals surface area contributed by atoms with E-state index in [1.54, 1.807) is 58.0 Å². The van der Waals surface area contributed by atoms with Crippen LogP contribution in [0, 0.1) is 16.7 Å². The lowest BCUT2D eigenvalue weighted by molar-refractivity contribution is -0.355. The Morgan fingerprint density at radius 3 is 2.18 bits per heavy atom. The molecule has 0 spiro atoms. The maximum atomic E-state index is 15.2. The maximum absolute atomic E-state index is 15.2. The molecule has 1 aliphatic carbocycles. The number of carbonyl (C=O) groups excluding carboxylic acids is 3. The Bertz CT molecular complexity index is 1360. The van der Waals surface area contributed by atoms with E-state index in [0.717, 1.165) is 18.1 Å². The largest absolute Gasteiger partial charge is 0.453 e. The van der Waals surface area contributed by atoms with Crippen LogP contribution in [0.25, 0.3) is 0 Å². The Kier molecular flexibility index (Phi) is 8.81. The van der Waals surface area contributed by atoms with E-state index in [9.17, 15) is 19.8 Å². The summed E-state index contributed by atoms with van der Waals surface area (Å²) in [6, 6.07) is 10.9. The van der Waals surface area contributed by atoms with Crippen LogP contribution in [0.1, 0.15) is 72.2 Å². The molecule has 0 unspecified atom stereocenters. The van der Waals surface area contributed by atoms with Crippen molar-refractivity contribution in [3.63, 3.8) is 0 Å². The van der Waals surface area contributed by atoms with E-state index in [1.807, 2.05) is 0 Å². The van der Waals surface area contributed by atoms with E-state index >= 15 is 4.79 Å². The second-order valence-corrected chi connectivity index (χ2v) is 18.6. The van der Waals surface area contributed by atoms with Crippen molar-refractivity contribution in [3.05, 3.63) is 47.0 Å². The lowest BCUT2D eigenvalue weighted by atomic mass is 9.49. The van der Waals surface area contributed by atoms with Gasteiger partial charge in [0.05, 0.1) is 36.2 Å². The average molecular weight is 645 g/mol.